The highest BCUT2D eigenvalue weighted by Gasteiger charge is 2.26. The van der Waals surface area contributed by atoms with E-state index in [1.54, 1.807) is 0 Å². The Morgan fingerprint density at radius 3 is 1.24 bits per heavy atom. The van der Waals surface area contributed by atoms with Crippen LogP contribution in [0.2, 0.25) is 0 Å². The van der Waals surface area contributed by atoms with E-state index >= 15 is 0 Å². The highest BCUT2D eigenvalue weighted by Crippen LogP contribution is 2.43. The van der Waals surface area contributed by atoms with E-state index in [1.165, 1.54) is 167 Å². The normalized spacial score (nSPS) is 13.5. The van der Waals surface area contributed by atoms with Gasteiger partial charge in [0, 0.05) is 19.4 Å². The lowest BCUT2D eigenvalue weighted by Gasteiger charge is -2.19. The van der Waals surface area contributed by atoms with Gasteiger partial charge >= 0.3 is 19.8 Å². The first kappa shape index (κ1) is 64.0. The first-order valence-electron chi connectivity index (χ1n) is 27.6. The summed E-state index contributed by atoms with van der Waals surface area (Å²) < 4.78 is 33.0. The number of phosphoric acid groups is 1. The van der Waals surface area contributed by atoms with Crippen LogP contribution >= 0.6 is 7.82 Å². The average Bonchev–Trinajstić information content (AvgIpc) is 3.31. The molecule has 0 spiro atoms. The van der Waals surface area contributed by atoms with Gasteiger partial charge in [0.25, 0.3) is 0 Å². The Labute approximate surface area is 407 Å². The SMILES string of the molecule is CC/C=C\C/C=C\C/C=C\C/C=C\CCCCCCCCCCCCCCC(=O)OC(COC(=O)CCCCCCCCCCCCCCCCCCCCCC)COP(=O)(O)OCCN. The molecule has 0 aliphatic heterocycles. The molecule has 3 N–H and O–H groups in total. The van der Waals surface area contributed by atoms with Gasteiger partial charge in [-0.1, -0.05) is 249 Å². The second-order valence-electron chi connectivity index (χ2n) is 18.4. The van der Waals surface area contributed by atoms with Crippen molar-refractivity contribution < 1.29 is 37.6 Å². The molecule has 10 heteroatoms. The first-order valence-corrected chi connectivity index (χ1v) is 29.1. The molecule has 0 fully saturated rings. The van der Waals surface area contributed by atoms with Gasteiger partial charge in [0.1, 0.15) is 6.61 Å². The quantitative estimate of drug-likeness (QED) is 0.0264. The van der Waals surface area contributed by atoms with Crippen LogP contribution in [-0.4, -0.2) is 49.3 Å². The van der Waals surface area contributed by atoms with E-state index in [-0.39, 0.29) is 38.6 Å². The maximum atomic E-state index is 12.7. The molecular weight excluding hydrogens is 846 g/mol. The van der Waals surface area contributed by atoms with E-state index in [9.17, 15) is 19.0 Å². The Kier molecular flexibility index (Phi) is 50.7. The molecule has 0 radical (unpaired) electrons. The standard InChI is InChI=1S/C56H104NO8P/c1-3-5-7-9-11-13-15-17-19-21-23-25-26-27-28-29-31-33-35-37-39-41-43-45-47-49-56(59)65-54(53-64-66(60,61)63-51-50-57)52-62-55(58)48-46-44-42-40-38-36-34-32-30-24-22-20-18-16-14-12-10-8-6-4-2/h5,7,11,13,17,19,23,25,54H,3-4,6,8-10,12,14-16,18,20-22,24,26-53,57H2,1-2H3,(H,60,61)/b7-5-,13-11-,19-17-,25-23-. The third-order valence-electron chi connectivity index (χ3n) is 12.0. The molecule has 0 saturated heterocycles. The van der Waals surface area contributed by atoms with Gasteiger partial charge < -0.3 is 20.1 Å². The number of unbranched alkanes of at least 4 members (excludes halogenated alkanes) is 31. The van der Waals surface area contributed by atoms with Crippen molar-refractivity contribution in [1.82, 2.24) is 0 Å². The molecule has 9 nitrogen and oxygen atoms in total. The average molecular weight is 950 g/mol. The lowest BCUT2D eigenvalue weighted by Crippen LogP contribution is -2.29. The number of esters is 2. The van der Waals surface area contributed by atoms with E-state index in [0.717, 1.165) is 64.2 Å². The van der Waals surface area contributed by atoms with Crippen LogP contribution < -0.4 is 5.73 Å². The molecule has 0 heterocycles. The maximum Gasteiger partial charge on any atom is 0.472 e. The summed E-state index contributed by atoms with van der Waals surface area (Å²) in [5, 5.41) is 0. The fourth-order valence-electron chi connectivity index (χ4n) is 7.92. The molecule has 0 aliphatic rings. The zero-order chi connectivity index (χ0) is 48.1. The number of allylic oxidation sites excluding steroid dienone is 8. The van der Waals surface area contributed by atoms with Crippen LogP contribution in [0.1, 0.15) is 264 Å². The zero-order valence-electron chi connectivity index (χ0n) is 42.9. The molecule has 386 valence electrons. The Morgan fingerprint density at radius 2 is 0.833 bits per heavy atom. The summed E-state index contributed by atoms with van der Waals surface area (Å²) in [6.45, 7) is 3.67. The summed E-state index contributed by atoms with van der Waals surface area (Å²) in [6.07, 6.45) is 63.0. The van der Waals surface area contributed by atoms with E-state index < -0.39 is 26.5 Å². The minimum Gasteiger partial charge on any atom is -0.462 e. The van der Waals surface area contributed by atoms with E-state index in [4.69, 9.17) is 24.3 Å². The third kappa shape index (κ3) is 51.4. The van der Waals surface area contributed by atoms with Gasteiger partial charge in [-0.05, 0) is 51.4 Å². The first-order chi connectivity index (χ1) is 32.3. The Hall–Kier alpha value is -2.03. The molecular formula is C56H104NO8P. The fraction of sp³-hybridized carbons (Fsp3) is 0.821. The molecule has 0 aromatic rings. The summed E-state index contributed by atoms with van der Waals surface area (Å²) in [7, 11) is -4.38. The molecule has 0 aromatic heterocycles. The molecule has 0 bridgehead atoms. The number of hydrogen-bond acceptors (Lipinski definition) is 8. The zero-order valence-corrected chi connectivity index (χ0v) is 43.8. The summed E-state index contributed by atoms with van der Waals surface area (Å²) in [5.74, 6) is -0.818. The van der Waals surface area contributed by atoms with Crippen molar-refractivity contribution in [2.24, 2.45) is 5.73 Å². The molecule has 0 aliphatic carbocycles. The van der Waals surface area contributed by atoms with Crippen LogP contribution in [-0.2, 0) is 32.7 Å². The maximum absolute atomic E-state index is 12.7. The number of hydrogen-bond donors (Lipinski definition) is 2. The van der Waals surface area contributed by atoms with Crippen molar-refractivity contribution in [3.63, 3.8) is 0 Å². The van der Waals surface area contributed by atoms with Gasteiger partial charge in [-0.2, -0.15) is 0 Å². The third-order valence-corrected chi connectivity index (χ3v) is 13.0. The number of phosphoric ester groups is 1. The van der Waals surface area contributed by atoms with Gasteiger partial charge in [-0.25, -0.2) is 4.57 Å². The Morgan fingerprint density at radius 1 is 0.470 bits per heavy atom. The smallest absolute Gasteiger partial charge is 0.462 e. The van der Waals surface area contributed by atoms with Crippen molar-refractivity contribution in [1.29, 1.82) is 0 Å². The van der Waals surface area contributed by atoms with Crippen molar-refractivity contribution in [3.05, 3.63) is 48.6 Å². The summed E-state index contributed by atoms with van der Waals surface area (Å²) in [4.78, 5) is 35.1. The van der Waals surface area contributed by atoms with Crippen molar-refractivity contribution in [2.45, 2.75) is 270 Å². The van der Waals surface area contributed by atoms with E-state index in [2.05, 4.69) is 62.5 Å². The topological polar surface area (TPSA) is 134 Å². The molecule has 0 rings (SSSR count). The minimum atomic E-state index is -4.38. The molecule has 0 aromatic carbocycles. The minimum absolute atomic E-state index is 0.0536. The molecule has 2 atom stereocenters. The van der Waals surface area contributed by atoms with Crippen molar-refractivity contribution in [3.8, 4) is 0 Å². The van der Waals surface area contributed by atoms with E-state index in [1.807, 2.05) is 0 Å². The molecule has 0 saturated carbocycles. The van der Waals surface area contributed by atoms with Crippen molar-refractivity contribution in [2.75, 3.05) is 26.4 Å². The van der Waals surface area contributed by atoms with Crippen LogP contribution in [0.3, 0.4) is 0 Å². The van der Waals surface area contributed by atoms with Gasteiger partial charge in [-0.15, -0.1) is 0 Å². The van der Waals surface area contributed by atoms with Gasteiger partial charge in [0.15, 0.2) is 6.10 Å². The Bertz CT molecular complexity index is 1220. The molecule has 66 heavy (non-hydrogen) atoms. The number of ether oxygens (including phenoxy) is 2. The van der Waals surface area contributed by atoms with Crippen LogP contribution in [0.5, 0.6) is 0 Å². The van der Waals surface area contributed by atoms with Gasteiger partial charge in [0.05, 0.1) is 13.2 Å². The summed E-state index contributed by atoms with van der Waals surface area (Å²) >= 11 is 0. The number of nitrogens with two attached hydrogens (primary N) is 1. The number of rotatable bonds is 52. The molecule has 2 unspecified atom stereocenters. The van der Waals surface area contributed by atoms with Crippen LogP contribution in [0, 0.1) is 0 Å². The fourth-order valence-corrected chi connectivity index (χ4v) is 8.69. The van der Waals surface area contributed by atoms with Crippen LogP contribution in [0.25, 0.3) is 0 Å². The monoisotopic (exact) mass is 950 g/mol. The van der Waals surface area contributed by atoms with Crippen LogP contribution in [0.4, 0.5) is 0 Å². The van der Waals surface area contributed by atoms with Gasteiger partial charge in [-0.3, -0.25) is 18.6 Å². The lowest BCUT2D eigenvalue weighted by atomic mass is 10.0. The second-order valence-corrected chi connectivity index (χ2v) is 19.9. The predicted molar refractivity (Wildman–Crippen MR) is 280 cm³/mol. The van der Waals surface area contributed by atoms with Crippen molar-refractivity contribution >= 4 is 19.8 Å². The highest BCUT2D eigenvalue weighted by atomic mass is 31.2. The number of carbonyl (C=O) groups is 2. The largest absolute Gasteiger partial charge is 0.472 e. The van der Waals surface area contributed by atoms with E-state index in [0.29, 0.717) is 6.42 Å². The highest BCUT2D eigenvalue weighted by molar-refractivity contribution is 7.47. The van der Waals surface area contributed by atoms with Gasteiger partial charge in [0.2, 0.25) is 0 Å². The van der Waals surface area contributed by atoms with Crippen LogP contribution in [0.15, 0.2) is 48.6 Å². The number of carbonyl (C=O) groups excluding carboxylic acids is 2. The second kappa shape index (κ2) is 52.3. The predicted octanol–water partition coefficient (Wildman–Crippen LogP) is 17.0. The molecule has 0 amide bonds. The summed E-state index contributed by atoms with van der Waals surface area (Å²) in [5.41, 5.74) is 5.38. The Balaban J connectivity index is 3.98. The summed E-state index contributed by atoms with van der Waals surface area (Å²) in [6, 6.07) is 0. The lowest BCUT2D eigenvalue weighted by molar-refractivity contribution is -0.161.